The van der Waals surface area contributed by atoms with Crippen LogP contribution in [0.1, 0.15) is 34.6 Å². The van der Waals surface area contributed by atoms with Gasteiger partial charge in [-0.3, -0.25) is 14.5 Å². The highest BCUT2D eigenvalue weighted by molar-refractivity contribution is 6.21. The fraction of sp³-hybridized carbons (Fsp3) is 0.591. The van der Waals surface area contributed by atoms with Crippen LogP contribution in [0.15, 0.2) is 24.3 Å². The molecule has 3 N–H and O–H groups in total. The third kappa shape index (κ3) is 8.35. The number of imide groups is 1. The summed E-state index contributed by atoms with van der Waals surface area (Å²) in [7, 11) is 0. The van der Waals surface area contributed by atoms with Crippen molar-refractivity contribution >= 4 is 17.9 Å². The van der Waals surface area contributed by atoms with Crippen molar-refractivity contribution in [2.24, 2.45) is 0 Å². The van der Waals surface area contributed by atoms with Gasteiger partial charge in [0.25, 0.3) is 11.8 Å². The second kappa shape index (κ2) is 13.2. The Balaban J connectivity index is 1.44. The Bertz CT molecular complexity index is 771. The Hall–Kier alpha value is -2.60. The highest BCUT2D eigenvalue weighted by Gasteiger charge is 2.34. The number of benzene rings is 1. The molecule has 1 aromatic carbocycles. The molecule has 1 aromatic rings. The topological polar surface area (TPSA) is 126 Å². The molecule has 2 rings (SSSR count). The van der Waals surface area contributed by atoms with Crippen LogP contribution in [0, 0.1) is 0 Å². The van der Waals surface area contributed by atoms with Crippen molar-refractivity contribution in [1.29, 1.82) is 0 Å². The molecule has 1 unspecified atom stereocenters. The molecule has 0 spiro atoms. The molecule has 1 aliphatic heterocycles. The van der Waals surface area contributed by atoms with E-state index in [0.29, 0.717) is 37.4 Å². The predicted octanol–water partition coefficient (Wildman–Crippen LogP) is 1.31. The summed E-state index contributed by atoms with van der Waals surface area (Å²) in [6, 6.07) is 6.76. The van der Waals surface area contributed by atoms with Gasteiger partial charge >= 0.3 is 6.09 Å². The van der Waals surface area contributed by atoms with Crippen LogP contribution in [0.4, 0.5) is 9.18 Å². The summed E-state index contributed by atoms with van der Waals surface area (Å²) in [5.74, 6) is -0.582. The van der Waals surface area contributed by atoms with E-state index in [4.69, 9.17) is 19.3 Å². The molecule has 1 aliphatic rings. The number of carbonyl (C=O) groups is 3. The number of carboxylic acid groups (broad SMARTS) is 1. The molecule has 11 heteroatoms. The van der Waals surface area contributed by atoms with Gasteiger partial charge < -0.3 is 30.0 Å². The van der Waals surface area contributed by atoms with Crippen LogP contribution >= 0.6 is 0 Å². The molecule has 0 aromatic heterocycles. The molecular weight excluding hydrogens is 437 g/mol. The van der Waals surface area contributed by atoms with Crippen LogP contribution in [0.25, 0.3) is 0 Å². The van der Waals surface area contributed by atoms with Gasteiger partial charge in [0.2, 0.25) is 0 Å². The number of hydrogen-bond acceptors (Lipinski definition) is 7. The average Bonchev–Trinajstić information content (AvgIpc) is 3.02. The molecule has 10 nitrogen and oxygen atoms in total. The lowest BCUT2D eigenvalue weighted by atomic mass is 10.0. The number of fused-ring (bicyclic) bond motifs is 1. The number of halogens is 1. The van der Waals surface area contributed by atoms with E-state index in [1.165, 1.54) is 4.90 Å². The highest BCUT2D eigenvalue weighted by atomic mass is 19.1. The fourth-order valence-corrected chi connectivity index (χ4v) is 3.09. The summed E-state index contributed by atoms with van der Waals surface area (Å²) in [6.07, 6.45) is -2.76. The molecule has 0 fully saturated rings. The number of rotatable bonds is 16. The Kier molecular flexibility index (Phi) is 10.7. The number of nitrogens with zero attached hydrogens (tertiary/aromatic N) is 1. The number of nitrogens with one attached hydrogen (secondary N) is 2. The SMILES string of the molecule is CC(C)(OCCOCCNCCOCCN1C(=O)c2ccccc2C1=O)C(F)CNC(=O)O. The largest absolute Gasteiger partial charge is 0.465 e. The first-order valence-electron chi connectivity index (χ1n) is 10.8. The molecular formula is C22H32FN3O7. The summed E-state index contributed by atoms with van der Waals surface area (Å²) >= 11 is 0. The van der Waals surface area contributed by atoms with E-state index in [1.54, 1.807) is 38.1 Å². The molecule has 0 aliphatic carbocycles. The quantitative estimate of drug-likeness (QED) is 0.244. The molecule has 0 radical (unpaired) electrons. The number of carbonyl (C=O) groups excluding carboxylic acids is 2. The number of hydrogen-bond donors (Lipinski definition) is 3. The third-order valence-electron chi connectivity index (χ3n) is 5.07. The Morgan fingerprint density at radius 3 is 2.18 bits per heavy atom. The summed E-state index contributed by atoms with van der Waals surface area (Å²) in [4.78, 5) is 36.1. The first-order valence-corrected chi connectivity index (χ1v) is 10.8. The van der Waals surface area contributed by atoms with Crippen molar-refractivity contribution in [3.63, 3.8) is 0 Å². The monoisotopic (exact) mass is 469 g/mol. The normalized spacial score (nSPS) is 14.5. The second-order valence-corrected chi connectivity index (χ2v) is 7.89. The maximum Gasteiger partial charge on any atom is 0.404 e. The zero-order chi connectivity index (χ0) is 24.3. The van der Waals surface area contributed by atoms with Gasteiger partial charge in [-0.15, -0.1) is 0 Å². The summed E-state index contributed by atoms with van der Waals surface area (Å²) in [5, 5.41) is 13.7. The van der Waals surface area contributed by atoms with E-state index < -0.39 is 17.9 Å². The van der Waals surface area contributed by atoms with Crippen molar-refractivity contribution < 1.29 is 38.1 Å². The minimum absolute atomic E-state index is 0.182. The van der Waals surface area contributed by atoms with Gasteiger partial charge in [0, 0.05) is 13.1 Å². The van der Waals surface area contributed by atoms with Crippen LogP contribution in [0.5, 0.6) is 0 Å². The fourth-order valence-electron chi connectivity index (χ4n) is 3.09. The summed E-state index contributed by atoms with van der Waals surface area (Å²) in [6.45, 7) is 5.70. The van der Waals surface area contributed by atoms with Crippen LogP contribution < -0.4 is 10.6 Å². The summed E-state index contributed by atoms with van der Waals surface area (Å²) in [5.41, 5.74) is -0.273. The minimum atomic E-state index is -1.48. The lowest BCUT2D eigenvalue weighted by Crippen LogP contribution is -2.44. The highest BCUT2D eigenvalue weighted by Crippen LogP contribution is 2.21. The first-order chi connectivity index (χ1) is 15.7. The molecule has 0 bridgehead atoms. The van der Waals surface area contributed by atoms with E-state index in [9.17, 15) is 18.8 Å². The average molecular weight is 470 g/mol. The van der Waals surface area contributed by atoms with Crippen LogP contribution in [0.3, 0.4) is 0 Å². The standard InChI is InChI=1S/C22H32FN3O7/c1-22(2,18(23)15-25-21(29)30)33-14-13-32-11-8-24-7-10-31-12-9-26-19(27)16-5-3-4-6-17(16)20(26)28/h3-6,18,24-25H,7-15H2,1-2H3,(H,29,30). The Labute approximate surface area is 192 Å². The smallest absolute Gasteiger partial charge is 0.404 e. The Morgan fingerprint density at radius 2 is 1.61 bits per heavy atom. The lowest BCUT2D eigenvalue weighted by molar-refractivity contribution is -0.0862. The van der Waals surface area contributed by atoms with Gasteiger partial charge in [0.15, 0.2) is 0 Å². The van der Waals surface area contributed by atoms with E-state index >= 15 is 0 Å². The number of alkyl halides is 1. The predicted molar refractivity (Wildman–Crippen MR) is 117 cm³/mol. The van der Waals surface area contributed by atoms with Gasteiger partial charge in [-0.25, -0.2) is 9.18 Å². The molecule has 0 saturated heterocycles. The second-order valence-electron chi connectivity index (χ2n) is 7.89. The van der Waals surface area contributed by atoms with E-state index in [-0.39, 0.29) is 44.7 Å². The van der Waals surface area contributed by atoms with Crippen molar-refractivity contribution in [3.05, 3.63) is 35.4 Å². The van der Waals surface area contributed by atoms with Gasteiger partial charge in [-0.05, 0) is 26.0 Å². The van der Waals surface area contributed by atoms with Gasteiger partial charge in [0.1, 0.15) is 6.17 Å². The summed E-state index contributed by atoms with van der Waals surface area (Å²) < 4.78 is 30.3. The van der Waals surface area contributed by atoms with Gasteiger partial charge in [0.05, 0.1) is 62.9 Å². The zero-order valence-corrected chi connectivity index (χ0v) is 19.0. The molecule has 184 valence electrons. The van der Waals surface area contributed by atoms with Crippen molar-refractivity contribution in [2.75, 3.05) is 59.2 Å². The van der Waals surface area contributed by atoms with Crippen molar-refractivity contribution in [1.82, 2.24) is 15.5 Å². The lowest BCUT2D eigenvalue weighted by Gasteiger charge is -2.29. The molecule has 1 atom stereocenters. The van der Waals surface area contributed by atoms with E-state index in [1.807, 2.05) is 5.32 Å². The molecule has 0 saturated carbocycles. The van der Waals surface area contributed by atoms with Crippen molar-refractivity contribution in [2.45, 2.75) is 25.6 Å². The molecule has 1 heterocycles. The molecule has 3 amide bonds. The first kappa shape index (κ1) is 26.7. The number of amides is 3. The van der Waals surface area contributed by atoms with Crippen LogP contribution in [-0.2, 0) is 14.2 Å². The van der Waals surface area contributed by atoms with Crippen molar-refractivity contribution in [3.8, 4) is 0 Å². The zero-order valence-electron chi connectivity index (χ0n) is 19.0. The Morgan fingerprint density at radius 1 is 1.03 bits per heavy atom. The van der Waals surface area contributed by atoms with Gasteiger partial charge in [-0.2, -0.15) is 0 Å². The van der Waals surface area contributed by atoms with Crippen LogP contribution in [-0.4, -0.2) is 98.9 Å². The maximum absolute atomic E-state index is 14.0. The van der Waals surface area contributed by atoms with E-state index in [0.717, 1.165) is 0 Å². The molecule has 33 heavy (non-hydrogen) atoms. The maximum atomic E-state index is 14.0. The van der Waals surface area contributed by atoms with Crippen LogP contribution in [0.2, 0.25) is 0 Å². The van der Waals surface area contributed by atoms with Gasteiger partial charge in [-0.1, -0.05) is 12.1 Å². The third-order valence-corrected chi connectivity index (χ3v) is 5.07. The van der Waals surface area contributed by atoms with E-state index in [2.05, 4.69) is 5.32 Å². The minimum Gasteiger partial charge on any atom is -0.465 e. The number of ether oxygens (including phenoxy) is 3.